The van der Waals surface area contributed by atoms with Crippen LogP contribution in [0.2, 0.25) is 0 Å². The second-order valence-electron chi connectivity index (χ2n) is 7.55. The average molecular weight is 493 g/mol. The lowest BCUT2D eigenvalue weighted by Crippen LogP contribution is -2.30. The minimum atomic E-state index is -3.56. The number of nitrogens with zero attached hydrogens (tertiary/aromatic N) is 3. The van der Waals surface area contributed by atoms with Crippen LogP contribution in [0.1, 0.15) is 56.0 Å². The summed E-state index contributed by atoms with van der Waals surface area (Å²) in [6.45, 7) is 6.14. The number of amides is 1. The van der Waals surface area contributed by atoms with Crippen molar-refractivity contribution < 1.29 is 13.2 Å². The van der Waals surface area contributed by atoms with Gasteiger partial charge in [0, 0.05) is 24.2 Å². The topological polar surface area (TPSA) is 103 Å². The number of rotatable bonds is 8. The monoisotopic (exact) mass is 492 g/mol. The Balaban J connectivity index is 1.69. The van der Waals surface area contributed by atoms with Crippen LogP contribution in [0, 0.1) is 11.3 Å². The number of anilines is 1. The van der Waals surface area contributed by atoms with Crippen molar-refractivity contribution in [2.75, 3.05) is 18.4 Å². The lowest BCUT2D eigenvalue weighted by Gasteiger charge is -2.18. The molecule has 2 aromatic rings. The Bertz CT molecular complexity index is 1100. The second kappa shape index (κ2) is 10.8. The van der Waals surface area contributed by atoms with E-state index >= 15 is 0 Å². The van der Waals surface area contributed by atoms with Crippen LogP contribution >= 0.6 is 23.1 Å². The maximum atomic E-state index is 12.8. The number of carbonyl (C=O) groups is 1. The molecule has 32 heavy (non-hydrogen) atoms. The summed E-state index contributed by atoms with van der Waals surface area (Å²) in [5, 5.41) is 13.3. The van der Waals surface area contributed by atoms with Gasteiger partial charge in [-0.1, -0.05) is 32.0 Å². The molecular formula is C22H28N4O3S3. The Morgan fingerprint density at radius 3 is 2.62 bits per heavy atom. The number of carbonyl (C=O) groups excluding carboxylic acids is 1. The molecule has 3 rings (SSSR count). The van der Waals surface area contributed by atoms with Crippen molar-refractivity contribution in [3.05, 3.63) is 34.3 Å². The maximum Gasteiger partial charge on any atom is 0.244 e. The number of hydrogen-bond donors (Lipinski definition) is 1. The number of aromatic nitrogens is 1. The molecule has 0 saturated heterocycles. The molecule has 0 spiro atoms. The van der Waals surface area contributed by atoms with E-state index in [1.807, 2.05) is 0 Å². The third-order valence-electron chi connectivity index (χ3n) is 5.49. The van der Waals surface area contributed by atoms with E-state index in [9.17, 15) is 18.5 Å². The zero-order valence-corrected chi connectivity index (χ0v) is 21.0. The average Bonchev–Trinajstić information content (AvgIpc) is 2.93. The van der Waals surface area contributed by atoms with E-state index < -0.39 is 15.3 Å². The number of sulfonamides is 1. The van der Waals surface area contributed by atoms with Crippen LogP contribution in [0.4, 0.5) is 5.00 Å². The van der Waals surface area contributed by atoms with Crippen molar-refractivity contribution in [3.63, 3.8) is 0 Å². The fraction of sp³-hybridized carbons (Fsp3) is 0.500. The zero-order valence-electron chi connectivity index (χ0n) is 18.6. The standard InChI is InChI=1S/C22H28N4O3S3/c1-4-26(5-2)32(28,29)16-11-12-20(24-14-16)30-15(3)21(27)25-22-18(13-23)17-9-7-6-8-10-19(17)31-22/h11-12,14-15H,4-10H2,1-3H3,(H,25,27). The molecule has 1 aliphatic rings. The number of thioether (sulfide) groups is 1. The maximum absolute atomic E-state index is 12.8. The summed E-state index contributed by atoms with van der Waals surface area (Å²) in [6.07, 6.45) is 6.55. The van der Waals surface area contributed by atoms with Crippen LogP contribution in [0.3, 0.4) is 0 Å². The summed E-state index contributed by atoms with van der Waals surface area (Å²) >= 11 is 2.76. The van der Waals surface area contributed by atoms with Gasteiger partial charge in [-0.2, -0.15) is 9.57 Å². The summed E-state index contributed by atoms with van der Waals surface area (Å²) in [5.74, 6) is -0.204. The number of nitriles is 1. The molecule has 0 aromatic carbocycles. The molecule has 1 atom stereocenters. The highest BCUT2D eigenvalue weighted by atomic mass is 32.2. The second-order valence-corrected chi connectivity index (χ2v) is 12.0. The first-order valence-electron chi connectivity index (χ1n) is 10.8. The quantitative estimate of drug-likeness (QED) is 0.432. The van der Waals surface area contributed by atoms with E-state index in [1.165, 1.54) is 51.0 Å². The molecule has 2 aromatic heterocycles. The molecule has 2 heterocycles. The Labute approximate surface area is 198 Å². The van der Waals surface area contributed by atoms with Crippen LogP contribution in [0.15, 0.2) is 28.3 Å². The SMILES string of the molecule is CCN(CC)S(=O)(=O)c1ccc(SC(C)C(=O)Nc2sc3c(c2C#N)CCCCC3)nc1. The molecule has 0 fully saturated rings. The highest BCUT2D eigenvalue weighted by Gasteiger charge is 2.24. The molecule has 0 aliphatic heterocycles. The third-order valence-corrected chi connectivity index (χ3v) is 9.78. The number of pyridine rings is 1. The van der Waals surface area contributed by atoms with Gasteiger partial charge >= 0.3 is 0 Å². The summed E-state index contributed by atoms with van der Waals surface area (Å²) in [5.41, 5.74) is 1.69. The summed E-state index contributed by atoms with van der Waals surface area (Å²) in [7, 11) is -3.56. The van der Waals surface area contributed by atoms with Crippen molar-refractivity contribution in [3.8, 4) is 6.07 Å². The Hall–Kier alpha value is -1.93. The Morgan fingerprint density at radius 1 is 1.28 bits per heavy atom. The van der Waals surface area contributed by atoms with Gasteiger partial charge in [0.15, 0.2) is 0 Å². The van der Waals surface area contributed by atoms with Crippen LogP contribution in [0.5, 0.6) is 0 Å². The van der Waals surface area contributed by atoms with Crippen molar-refractivity contribution in [2.24, 2.45) is 0 Å². The summed E-state index contributed by atoms with van der Waals surface area (Å²) in [4.78, 5) is 18.4. The molecule has 7 nitrogen and oxygen atoms in total. The molecule has 1 unspecified atom stereocenters. The highest BCUT2D eigenvalue weighted by molar-refractivity contribution is 8.00. The van der Waals surface area contributed by atoms with E-state index in [-0.39, 0.29) is 10.8 Å². The van der Waals surface area contributed by atoms with Gasteiger partial charge in [-0.15, -0.1) is 11.3 Å². The summed E-state index contributed by atoms with van der Waals surface area (Å²) < 4.78 is 26.6. The van der Waals surface area contributed by atoms with E-state index in [4.69, 9.17) is 0 Å². The first-order valence-corrected chi connectivity index (χ1v) is 13.9. The van der Waals surface area contributed by atoms with Gasteiger partial charge in [0.1, 0.15) is 16.0 Å². The smallest absolute Gasteiger partial charge is 0.244 e. The Kier molecular flexibility index (Phi) is 8.33. The van der Waals surface area contributed by atoms with E-state index in [2.05, 4.69) is 16.4 Å². The van der Waals surface area contributed by atoms with Crippen LogP contribution < -0.4 is 5.32 Å². The van der Waals surface area contributed by atoms with Gasteiger partial charge in [-0.25, -0.2) is 13.4 Å². The number of fused-ring (bicyclic) bond motifs is 1. The largest absolute Gasteiger partial charge is 0.316 e. The van der Waals surface area contributed by atoms with Crippen molar-refractivity contribution in [2.45, 2.75) is 68.0 Å². The normalized spacial score (nSPS) is 15.0. The molecule has 0 saturated carbocycles. The minimum absolute atomic E-state index is 0.140. The highest BCUT2D eigenvalue weighted by Crippen LogP contribution is 2.37. The fourth-order valence-corrected chi connectivity index (χ4v) is 7.13. The van der Waals surface area contributed by atoms with Gasteiger partial charge in [0.25, 0.3) is 0 Å². The predicted molar refractivity (Wildman–Crippen MR) is 129 cm³/mol. The number of hydrogen-bond acceptors (Lipinski definition) is 7. The fourth-order valence-electron chi connectivity index (χ4n) is 3.70. The first-order chi connectivity index (χ1) is 15.3. The van der Waals surface area contributed by atoms with Gasteiger partial charge in [0.2, 0.25) is 15.9 Å². The molecule has 0 bridgehead atoms. The van der Waals surface area contributed by atoms with E-state index in [0.29, 0.717) is 28.7 Å². The number of thiophene rings is 1. The van der Waals surface area contributed by atoms with E-state index in [1.54, 1.807) is 26.8 Å². The predicted octanol–water partition coefficient (Wildman–Crippen LogP) is 4.43. The van der Waals surface area contributed by atoms with Crippen LogP contribution in [-0.2, 0) is 27.7 Å². The molecule has 1 aliphatic carbocycles. The van der Waals surface area contributed by atoms with E-state index in [0.717, 1.165) is 31.2 Å². The summed E-state index contributed by atoms with van der Waals surface area (Å²) in [6, 6.07) is 5.43. The zero-order chi connectivity index (χ0) is 23.3. The van der Waals surface area contributed by atoms with Gasteiger partial charge in [0.05, 0.1) is 15.8 Å². The molecule has 172 valence electrons. The molecule has 1 N–H and O–H groups in total. The molecule has 10 heteroatoms. The third kappa shape index (κ3) is 5.34. The Morgan fingerprint density at radius 2 is 2.00 bits per heavy atom. The molecular weight excluding hydrogens is 464 g/mol. The molecule has 1 amide bonds. The van der Waals surface area contributed by atoms with Crippen molar-refractivity contribution in [1.29, 1.82) is 5.26 Å². The lowest BCUT2D eigenvalue weighted by molar-refractivity contribution is -0.115. The minimum Gasteiger partial charge on any atom is -0.316 e. The van der Waals surface area contributed by atoms with Gasteiger partial charge in [-0.05, 0) is 50.3 Å². The number of nitrogens with one attached hydrogen (secondary N) is 1. The molecule has 0 radical (unpaired) electrons. The first kappa shape index (κ1) is 24.7. The number of aryl methyl sites for hydroxylation is 1. The van der Waals surface area contributed by atoms with Gasteiger partial charge < -0.3 is 5.32 Å². The lowest BCUT2D eigenvalue weighted by atomic mass is 10.1. The van der Waals surface area contributed by atoms with Gasteiger partial charge in [-0.3, -0.25) is 4.79 Å². The van der Waals surface area contributed by atoms with Crippen molar-refractivity contribution >= 4 is 44.0 Å². The van der Waals surface area contributed by atoms with Crippen LogP contribution in [-0.4, -0.2) is 42.0 Å². The van der Waals surface area contributed by atoms with Crippen LogP contribution in [0.25, 0.3) is 0 Å². The van der Waals surface area contributed by atoms with Crippen molar-refractivity contribution in [1.82, 2.24) is 9.29 Å².